The van der Waals surface area contributed by atoms with E-state index >= 15 is 0 Å². The lowest BCUT2D eigenvalue weighted by Crippen LogP contribution is -2.25. The molecule has 88 valence electrons. The molecule has 0 aliphatic rings. The molecule has 0 saturated carbocycles. The highest BCUT2D eigenvalue weighted by Gasteiger charge is 2.04. The summed E-state index contributed by atoms with van der Waals surface area (Å²) in [6, 6.07) is 8.25. The average molecular weight is 287 g/mol. The first-order valence-electron chi connectivity index (χ1n) is 5.00. The fourth-order valence-corrected chi connectivity index (χ4v) is 1.74. The molecule has 1 amide bonds. The van der Waals surface area contributed by atoms with Crippen molar-refractivity contribution in [3.05, 3.63) is 34.3 Å². The minimum Gasteiger partial charge on any atom is -0.448 e. The highest BCUT2D eigenvalue weighted by molar-refractivity contribution is 9.10. The first-order valence-corrected chi connectivity index (χ1v) is 5.80. The van der Waals surface area contributed by atoms with Gasteiger partial charge in [0, 0.05) is 17.1 Å². The number of nitrogens with one attached hydrogen (secondary N) is 1. The van der Waals surface area contributed by atoms with Crippen molar-refractivity contribution < 1.29 is 9.53 Å². The van der Waals surface area contributed by atoms with Crippen molar-refractivity contribution in [1.82, 2.24) is 5.32 Å². The fourth-order valence-electron chi connectivity index (χ4n) is 1.32. The zero-order valence-corrected chi connectivity index (χ0v) is 10.7. The topological polar surface area (TPSA) is 64.3 Å². The Balaban J connectivity index is 2.35. The van der Waals surface area contributed by atoms with Gasteiger partial charge in [-0.25, -0.2) is 4.79 Å². The van der Waals surface area contributed by atoms with Gasteiger partial charge in [0.25, 0.3) is 0 Å². The highest BCUT2D eigenvalue weighted by atomic mass is 79.9. The van der Waals surface area contributed by atoms with Crippen LogP contribution in [0, 0.1) is 0 Å². The molecule has 0 aromatic heterocycles. The van der Waals surface area contributed by atoms with Crippen LogP contribution in [-0.4, -0.2) is 19.2 Å². The highest BCUT2D eigenvalue weighted by Crippen LogP contribution is 2.17. The number of amides is 1. The molecule has 5 heteroatoms. The van der Waals surface area contributed by atoms with E-state index in [0.717, 1.165) is 4.47 Å². The molecule has 1 aromatic rings. The van der Waals surface area contributed by atoms with Crippen molar-refractivity contribution in [1.29, 1.82) is 0 Å². The molecule has 4 nitrogen and oxygen atoms in total. The van der Waals surface area contributed by atoms with Crippen LogP contribution in [-0.2, 0) is 4.74 Å². The van der Waals surface area contributed by atoms with Crippen molar-refractivity contribution in [2.45, 2.75) is 13.0 Å². The number of carbonyl (C=O) groups is 1. The standard InChI is InChI=1S/C11H15BrN2O2/c1-8(14-5-6-16-11(13)15)9-3-2-4-10(12)7-9/h2-4,7-8,14H,5-6H2,1H3,(H2,13,15). The second-order valence-corrected chi connectivity index (χ2v) is 4.31. The zero-order valence-electron chi connectivity index (χ0n) is 9.07. The van der Waals surface area contributed by atoms with Crippen LogP contribution < -0.4 is 11.1 Å². The first kappa shape index (κ1) is 13.0. The summed E-state index contributed by atoms with van der Waals surface area (Å²) in [6.07, 6.45) is -0.739. The summed E-state index contributed by atoms with van der Waals surface area (Å²) in [5.74, 6) is 0. The van der Waals surface area contributed by atoms with Gasteiger partial charge in [-0.15, -0.1) is 0 Å². The number of carbonyl (C=O) groups excluding carboxylic acids is 1. The quantitative estimate of drug-likeness (QED) is 0.816. The number of ether oxygens (including phenoxy) is 1. The maximum atomic E-state index is 10.3. The van der Waals surface area contributed by atoms with Gasteiger partial charge in [-0.05, 0) is 24.6 Å². The number of benzene rings is 1. The van der Waals surface area contributed by atoms with Gasteiger partial charge in [-0.1, -0.05) is 28.1 Å². The summed E-state index contributed by atoms with van der Waals surface area (Å²) in [5, 5.41) is 3.23. The van der Waals surface area contributed by atoms with Crippen molar-refractivity contribution in [2.75, 3.05) is 13.2 Å². The third-order valence-corrected chi connectivity index (χ3v) is 2.64. The summed E-state index contributed by atoms with van der Waals surface area (Å²) >= 11 is 3.42. The molecule has 0 fully saturated rings. The van der Waals surface area contributed by atoms with E-state index in [2.05, 4.69) is 26.0 Å². The summed E-state index contributed by atoms with van der Waals surface area (Å²) in [7, 11) is 0. The second-order valence-electron chi connectivity index (χ2n) is 3.40. The summed E-state index contributed by atoms with van der Waals surface area (Å²) < 4.78 is 5.67. The van der Waals surface area contributed by atoms with E-state index in [4.69, 9.17) is 5.73 Å². The van der Waals surface area contributed by atoms with E-state index in [9.17, 15) is 4.79 Å². The van der Waals surface area contributed by atoms with Gasteiger partial charge in [0.05, 0.1) is 0 Å². The fraction of sp³-hybridized carbons (Fsp3) is 0.364. The number of halogens is 1. The Bertz CT molecular complexity index is 358. The molecular weight excluding hydrogens is 272 g/mol. The molecule has 0 aliphatic heterocycles. The molecule has 0 bridgehead atoms. The Morgan fingerprint density at radius 1 is 1.62 bits per heavy atom. The van der Waals surface area contributed by atoms with E-state index in [1.165, 1.54) is 5.56 Å². The molecule has 0 heterocycles. The number of primary amides is 1. The van der Waals surface area contributed by atoms with Crippen molar-refractivity contribution in [2.24, 2.45) is 5.73 Å². The Morgan fingerprint density at radius 2 is 2.38 bits per heavy atom. The lowest BCUT2D eigenvalue weighted by Gasteiger charge is -2.14. The molecule has 1 atom stereocenters. The van der Waals surface area contributed by atoms with Crippen LogP contribution in [0.5, 0.6) is 0 Å². The van der Waals surface area contributed by atoms with E-state index in [1.54, 1.807) is 0 Å². The number of rotatable bonds is 5. The number of nitrogens with two attached hydrogens (primary N) is 1. The Labute approximate surface area is 103 Å². The Kier molecular flexibility index (Phi) is 5.28. The van der Waals surface area contributed by atoms with Crippen LogP contribution in [0.1, 0.15) is 18.5 Å². The zero-order chi connectivity index (χ0) is 12.0. The lowest BCUT2D eigenvalue weighted by atomic mass is 10.1. The molecular formula is C11H15BrN2O2. The van der Waals surface area contributed by atoms with Gasteiger partial charge in [-0.2, -0.15) is 0 Å². The molecule has 1 rings (SSSR count). The third-order valence-electron chi connectivity index (χ3n) is 2.15. The van der Waals surface area contributed by atoms with Crippen LogP contribution >= 0.6 is 15.9 Å². The van der Waals surface area contributed by atoms with Crippen LogP contribution in [0.2, 0.25) is 0 Å². The maximum Gasteiger partial charge on any atom is 0.404 e. The van der Waals surface area contributed by atoms with E-state index in [1.807, 2.05) is 31.2 Å². The molecule has 3 N–H and O–H groups in total. The SMILES string of the molecule is CC(NCCOC(N)=O)c1cccc(Br)c1. The van der Waals surface area contributed by atoms with Crippen LogP contribution in [0.4, 0.5) is 4.79 Å². The maximum absolute atomic E-state index is 10.3. The molecule has 1 unspecified atom stereocenters. The van der Waals surface area contributed by atoms with Crippen molar-refractivity contribution in [3.8, 4) is 0 Å². The lowest BCUT2D eigenvalue weighted by molar-refractivity contribution is 0.156. The Hall–Kier alpha value is -1.07. The van der Waals surface area contributed by atoms with Gasteiger partial charge in [0.15, 0.2) is 0 Å². The normalized spacial score (nSPS) is 12.1. The monoisotopic (exact) mass is 286 g/mol. The molecule has 1 aromatic carbocycles. The number of hydrogen-bond donors (Lipinski definition) is 2. The van der Waals surface area contributed by atoms with Crippen LogP contribution in [0.25, 0.3) is 0 Å². The molecule has 0 saturated heterocycles. The number of hydrogen-bond acceptors (Lipinski definition) is 3. The molecule has 0 radical (unpaired) electrons. The van der Waals surface area contributed by atoms with E-state index in [-0.39, 0.29) is 12.6 Å². The van der Waals surface area contributed by atoms with Gasteiger partial charge in [-0.3, -0.25) is 0 Å². The van der Waals surface area contributed by atoms with Crippen LogP contribution in [0.15, 0.2) is 28.7 Å². The van der Waals surface area contributed by atoms with Crippen molar-refractivity contribution >= 4 is 22.0 Å². The van der Waals surface area contributed by atoms with Gasteiger partial charge in [0.2, 0.25) is 0 Å². The van der Waals surface area contributed by atoms with E-state index < -0.39 is 6.09 Å². The summed E-state index contributed by atoms with van der Waals surface area (Å²) in [5.41, 5.74) is 6.02. The summed E-state index contributed by atoms with van der Waals surface area (Å²) in [6.45, 7) is 2.91. The van der Waals surface area contributed by atoms with Gasteiger partial charge < -0.3 is 15.8 Å². The first-order chi connectivity index (χ1) is 7.59. The minimum atomic E-state index is -0.739. The Morgan fingerprint density at radius 3 is 3.00 bits per heavy atom. The molecule has 16 heavy (non-hydrogen) atoms. The van der Waals surface area contributed by atoms with E-state index in [0.29, 0.717) is 6.54 Å². The average Bonchev–Trinajstić information content (AvgIpc) is 2.24. The molecule has 0 spiro atoms. The van der Waals surface area contributed by atoms with Gasteiger partial charge in [0.1, 0.15) is 6.61 Å². The van der Waals surface area contributed by atoms with Gasteiger partial charge >= 0.3 is 6.09 Å². The minimum absolute atomic E-state index is 0.203. The predicted octanol–water partition coefficient (Wildman–Crippen LogP) is 2.20. The third kappa shape index (κ3) is 4.63. The second kappa shape index (κ2) is 6.50. The summed E-state index contributed by atoms with van der Waals surface area (Å²) in [4.78, 5) is 10.3. The van der Waals surface area contributed by atoms with Crippen LogP contribution in [0.3, 0.4) is 0 Å². The smallest absolute Gasteiger partial charge is 0.404 e. The predicted molar refractivity (Wildman–Crippen MR) is 66.1 cm³/mol. The largest absolute Gasteiger partial charge is 0.448 e. The molecule has 0 aliphatic carbocycles. The van der Waals surface area contributed by atoms with Crippen molar-refractivity contribution in [3.63, 3.8) is 0 Å².